The van der Waals surface area contributed by atoms with Crippen LogP contribution in [0.4, 0.5) is 0 Å². The molecule has 0 aliphatic rings. The first kappa shape index (κ1) is 33.2. The van der Waals surface area contributed by atoms with E-state index in [1.165, 1.54) is 153 Å². The maximum atomic E-state index is 2.43. The summed E-state index contributed by atoms with van der Waals surface area (Å²) >= 11 is 0. The molecule has 0 fully saturated rings. The van der Waals surface area contributed by atoms with E-state index in [2.05, 4.69) is 55.1 Å². The quantitative estimate of drug-likeness (QED) is 0.0810. The lowest BCUT2D eigenvalue weighted by Gasteiger charge is -2.03. The molecule has 1 aromatic heterocycles. The SMILES string of the molecule is CCCCCCCC/C=C\CCCCCCCC[n+]1ccc(CCCCCCCCC)cc1.[Cl-]. The van der Waals surface area contributed by atoms with Crippen LogP contribution in [0, 0.1) is 0 Å². The third-order valence-electron chi connectivity index (χ3n) is 6.96. The van der Waals surface area contributed by atoms with Crippen molar-refractivity contribution < 1.29 is 17.0 Å². The van der Waals surface area contributed by atoms with Gasteiger partial charge in [0.2, 0.25) is 0 Å². The van der Waals surface area contributed by atoms with Gasteiger partial charge in [0.15, 0.2) is 12.4 Å². The molecule has 0 aliphatic carbocycles. The van der Waals surface area contributed by atoms with E-state index in [0.717, 1.165) is 0 Å². The van der Waals surface area contributed by atoms with E-state index >= 15 is 0 Å². The van der Waals surface area contributed by atoms with Crippen LogP contribution in [0.3, 0.4) is 0 Å². The first-order chi connectivity index (χ1) is 16.4. The van der Waals surface area contributed by atoms with Crippen LogP contribution < -0.4 is 17.0 Å². The maximum Gasteiger partial charge on any atom is 0.169 e. The van der Waals surface area contributed by atoms with Crippen LogP contribution in [0.15, 0.2) is 36.7 Å². The Morgan fingerprint density at radius 2 is 0.941 bits per heavy atom. The molecule has 1 aromatic rings. The Morgan fingerprint density at radius 1 is 0.529 bits per heavy atom. The van der Waals surface area contributed by atoms with Gasteiger partial charge in [0.1, 0.15) is 6.54 Å². The van der Waals surface area contributed by atoms with Gasteiger partial charge in [0.25, 0.3) is 0 Å². The lowest BCUT2D eigenvalue weighted by atomic mass is 10.1. The van der Waals surface area contributed by atoms with Crippen molar-refractivity contribution in [2.24, 2.45) is 0 Å². The highest BCUT2D eigenvalue weighted by Gasteiger charge is 2.02. The van der Waals surface area contributed by atoms with Gasteiger partial charge in [-0.1, -0.05) is 116 Å². The molecule has 0 spiro atoms. The molecule has 0 bridgehead atoms. The lowest BCUT2D eigenvalue weighted by molar-refractivity contribution is -0.697. The molecule has 2 heteroatoms. The minimum atomic E-state index is 0. The van der Waals surface area contributed by atoms with Gasteiger partial charge < -0.3 is 12.4 Å². The highest BCUT2D eigenvalue weighted by atomic mass is 35.5. The fourth-order valence-electron chi connectivity index (χ4n) is 4.63. The maximum absolute atomic E-state index is 2.43. The van der Waals surface area contributed by atoms with Gasteiger partial charge in [0, 0.05) is 18.6 Å². The van der Waals surface area contributed by atoms with Crippen LogP contribution >= 0.6 is 0 Å². The van der Waals surface area contributed by atoms with Crippen molar-refractivity contribution in [1.29, 1.82) is 0 Å². The summed E-state index contributed by atoms with van der Waals surface area (Å²) in [6.07, 6.45) is 39.8. The van der Waals surface area contributed by atoms with E-state index in [0.29, 0.717) is 0 Å². The summed E-state index contributed by atoms with van der Waals surface area (Å²) in [5.41, 5.74) is 1.51. The zero-order valence-electron chi connectivity index (χ0n) is 23.1. The molecule has 0 aliphatic heterocycles. The van der Waals surface area contributed by atoms with E-state index in [-0.39, 0.29) is 12.4 Å². The lowest BCUT2D eigenvalue weighted by Crippen LogP contribution is -3.00. The van der Waals surface area contributed by atoms with Crippen molar-refractivity contribution >= 4 is 0 Å². The second-order valence-corrected chi connectivity index (χ2v) is 10.3. The Morgan fingerprint density at radius 3 is 1.44 bits per heavy atom. The number of aryl methyl sites for hydroxylation is 2. The summed E-state index contributed by atoms with van der Waals surface area (Å²) in [5, 5.41) is 0. The summed E-state index contributed by atoms with van der Waals surface area (Å²) in [7, 11) is 0. The van der Waals surface area contributed by atoms with Gasteiger partial charge in [0.05, 0.1) is 0 Å². The number of hydrogen-bond donors (Lipinski definition) is 0. The summed E-state index contributed by atoms with van der Waals surface area (Å²) in [6.45, 7) is 5.76. The zero-order valence-corrected chi connectivity index (χ0v) is 23.8. The van der Waals surface area contributed by atoms with Crippen LogP contribution in [0.5, 0.6) is 0 Å². The smallest absolute Gasteiger partial charge is 0.169 e. The predicted octanol–water partition coefficient (Wildman–Crippen LogP) is 7.31. The van der Waals surface area contributed by atoms with Crippen LogP contribution in [0.2, 0.25) is 0 Å². The van der Waals surface area contributed by atoms with Gasteiger partial charge in [-0.2, -0.15) is 0 Å². The molecule has 0 aromatic carbocycles. The number of nitrogens with zero attached hydrogens (tertiary/aromatic N) is 1. The molecule has 0 atom stereocenters. The van der Waals surface area contributed by atoms with Crippen molar-refractivity contribution in [2.75, 3.05) is 0 Å². The summed E-state index contributed by atoms with van der Waals surface area (Å²) < 4.78 is 2.38. The topological polar surface area (TPSA) is 3.88 Å². The van der Waals surface area contributed by atoms with E-state index in [9.17, 15) is 0 Å². The molecule has 34 heavy (non-hydrogen) atoms. The van der Waals surface area contributed by atoms with Crippen molar-refractivity contribution in [1.82, 2.24) is 0 Å². The number of halogens is 1. The second-order valence-electron chi connectivity index (χ2n) is 10.3. The summed E-state index contributed by atoms with van der Waals surface area (Å²) in [5.74, 6) is 0. The van der Waals surface area contributed by atoms with Crippen molar-refractivity contribution in [2.45, 2.75) is 162 Å². The van der Waals surface area contributed by atoms with Crippen LogP contribution in [-0.4, -0.2) is 0 Å². The number of rotatable bonds is 24. The Bertz CT molecular complexity index is 536. The molecular weight excluding hydrogens is 434 g/mol. The first-order valence-electron chi connectivity index (χ1n) is 15.0. The molecule has 0 amide bonds. The van der Waals surface area contributed by atoms with Gasteiger partial charge in [-0.05, 0) is 50.5 Å². The molecule has 1 heterocycles. The van der Waals surface area contributed by atoms with Crippen molar-refractivity contribution in [3.8, 4) is 0 Å². The number of allylic oxidation sites excluding steroid dienone is 2. The van der Waals surface area contributed by atoms with Crippen molar-refractivity contribution in [3.63, 3.8) is 0 Å². The molecule has 0 radical (unpaired) electrons. The monoisotopic (exact) mass is 491 g/mol. The Kier molecular flexibility index (Phi) is 26.1. The fourth-order valence-corrected chi connectivity index (χ4v) is 4.63. The minimum Gasteiger partial charge on any atom is -1.00 e. The van der Waals surface area contributed by atoms with Gasteiger partial charge >= 0.3 is 0 Å². The third kappa shape index (κ3) is 21.7. The normalized spacial score (nSPS) is 11.2. The molecule has 1 nitrogen and oxygen atoms in total. The van der Waals surface area contributed by atoms with Crippen LogP contribution in [0.25, 0.3) is 0 Å². The number of aromatic nitrogens is 1. The standard InChI is InChI=1S/C32H58N.ClH/c1-3-5-7-9-11-12-13-14-15-16-17-18-19-21-23-25-29-33-30-27-32(28-31-33)26-24-22-20-10-8-6-4-2;/h14-15,27-28,30-31H,3-13,16-26,29H2,1-2H3;1H/q+1;/p-1/b15-14-;. The molecule has 0 N–H and O–H groups in total. The molecule has 1 rings (SSSR count). The molecular formula is C32H58ClN. The number of hydrogen-bond acceptors (Lipinski definition) is 0. The average Bonchev–Trinajstić information content (AvgIpc) is 2.84. The minimum absolute atomic E-state index is 0. The Hall–Kier alpha value is -0.820. The first-order valence-corrected chi connectivity index (χ1v) is 15.0. The number of unbranched alkanes of at least 4 members (excludes halogenated alkanes) is 18. The van der Waals surface area contributed by atoms with E-state index in [1.54, 1.807) is 0 Å². The van der Waals surface area contributed by atoms with E-state index in [1.807, 2.05) is 0 Å². The van der Waals surface area contributed by atoms with Gasteiger partial charge in [-0.25, -0.2) is 4.57 Å². The van der Waals surface area contributed by atoms with Gasteiger partial charge in [-0.15, -0.1) is 0 Å². The van der Waals surface area contributed by atoms with Gasteiger partial charge in [-0.3, -0.25) is 0 Å². The Balaban J connectivity index is 0.0000109. The average molecular weight is 492 g/mol. The van der Waals surface area contributed by atoms with Crippen molar-refractivity contribution in [3.05, 3.63) is 42.2 Å². The fraction of sp³-hybridized carbons (Fsp3) is 0.781. The van der Waals surface area contributed by atoms with Crippen LogP contribution in [0.1, 0.15) is 154 Å². The molecule has 0 saturated heterocycles. The zero-order chi connectivity index (χ0) is 23.7. The number of pyridine rings is 1. The van der Waals surface area contributed by atoms with Crippen LogP contribution in [-0.2, 0) is 13.0 Å². The molecule has 0 saturated carbocycles. The largest absolute Gasteiger partial charge is 1.00 e. The van der Waals surface area contributed by atoms with E-state index < -0.39 is 0 Å². The third-order valence-corrected chi connectivity index (χ3v) is 6.96. The Labute approximate surface area is 220 Å². The second kappa shape index (κ2) is 26.8. The highest BCUT2D eigenvalue weighted by molar-refractivity contribution is 5.07. The molecule has 0 unspecified atom stereocenters. The van der Waals surface area contributed by atoms with E-state index in [4.69, 9.17) is 0 Å². The molecule has 198 valence electrons. The summed E-state index contributed by atoms with van der Waals surface area (Å²) in [6, 6.07) is 4.69. The summed E-state index contributed by atoms with van der Waals surface area (Å²) in [4.78, 5) is 0. The predicted molar refractivity (Wildman–Crippen MR) is 148 cm³/mol. The highest BCUT2D eigenvalue weighted by Crippen LogP contribution is 2.11.